The monoisotopic (exact) mass is 326 g/mol. The Labute approximate surface area is 122 Å². The number of aryl methyl sites for hydroxylation is 1. The molecule has 1 atom stereocenters. The van der Waals surface area contributed by atoms with Crippen LogP contribution in [-0.2, 0) is 9.53 Å². The van der Waals surface area contributed by atoms with Gasteiger partial charge in [0.1, 0.15) is 0 Å². The van der Waals surface area contributed by atoms with Crippen LogP contribution < -0.4 is 10.6 Å². The van der Waals surface area contributed by atoms with E-state index in [4.69, 9.17) is 4.74 Å². The second kappa shape index (κ2) is 7.03. The predicted octanol–water partition coefficient (Wildman–Crippen LogP) is 2.46. The number of ether oxygens (including phenoxy) is 1. The minimum absolute atomic E-state index is 0.0393. The number of carbonyl (C=O) groups is 1. The van der Waals surface area contributed by atoms with Crippen LogP contribution in [0, 0.1) is 6.92 Å². The normalized spacial score (nSPS) is 18.5. The number of hydrogen-bond acceptors (Lipinski definition) is 3. The SMILES string of the molecule is Cc1ccc(NC(=O)CNCC2CCCO2)c(Br)c1. The molecule has 19 heavy (non-hydrogen) atoms. The standard InChI is InChI=1S/C14H19BrN2O2/c1-10-4-5-13(12(15)7-10)17-14(18)9-16-8-11-3-2-6-19-11/h4-5,7,11,16H,2-3,6,8-9H2,1H3,(H,17,18). The summed E-state index contributed by atoms with van der Waals surface area (Å²) in [6, 6.07) is 5.85. The lowest BCUT2D eigenvalue weighted by Crippen LogP contribution is -2.33. The van der Waals surface area contributed by atoms with E-state index in [9.17, 15) is 4.79 Å². The topological polar surface area (TPSA) is 50.4 Å². The fraction of sp³-hybridized carbons (Fsp3) is 0.500. The van der Waals surface area contributed by atoms with Gasteiger partial charge in [-0.05, 0) is 53.4 Å². The molecule has 1 saturated heterocycles. The summed E-state index contributed by atoms with van der Waals surface area (Å²) in [6.07, 6.45) is 2.46. The summed E-state index contributed by atoms with van der Waals surface area (Å²) >= 11 is 3.44. The summed E-state index contributed by atoms with van der Waals surface area (Å²) in [4.78, 5) is 11.8. The van der Waals surface area contributed by atoms with E-state index in [-0.39, 0.29) is 12.0 Å². The van der Waals surface area contributed by atoms with Crippen molar-refractivity contribution in [2.75, 3.05) is 25.0 Å². The number of hydrogen-bond donors (Lipinski definition) is 2. The molecule has 0 saturated carbocycles. The Bertz CT molecular complexity index is 445. The smallest absolute Gasteiger partial charge is 0.238 e. The van der Waals surface area contributed by atoms with E-state index in [1.807, 2.05) is 25.1 Å². The summed E-state index contributed by atoms with van der Waals surface area (Å²) in [5, 5.41) is 6.00. The third-order valence-electron chi connectivity index (χ3n) is 3.08. The number of rotatable bonds is 5. The van der Waals surface area contributed by atoms with E-state index < -0.39 is 0 Å². The average molecular weight is 327 g/mol. The second-order valence-corrected chi connectivity index (χ2v) is 5.65. The van der Waals surface area contributed by atoms with Crippen molar-refractivity contribution >= 4 is 27.5 Å². The van der Waals surface area contributed by atoms with Crippen molar-refractivity contribution in [2.24, 2.45) is 0 Å². The van der Waals surface area contributed by atoms with E-state index in [0.29, 0.717) is 6.54 Å². The molecule has 1 fully saturated rings. The van der Waals surface area contributed by atoms with Crippen LogP contribution in [0.25, 0.3) is 0 Å². The maximum atomic E-state index is 11.8. The van der Waals surface area contributed by atoms with Gasteiger partial charge < -0.3 is 15.4 Å². The lowest BCUT2D eigenvalue weighted by atomic mass is 10.2. The minimum Gasteiger partial charge on any atom is -0.377 e. The van der Waals surface area contributed by atoms with Gasteiger partial charge in [-0.2, -0.15) is 0 Å². The Balaban J connectivity index is 1.74. The van der Waals surface area contributed by atoms with Crippen LogP contribution in [0.1, 0.15) is 18.4 Å². The van der Waals surface area contributed by atoms with Crippen LogP contribution >= 0.6 is 15.9 Å². The van der Waals surface area contributed by atoms with Crippen LogP contribution in [0.5, 0.6) is 0 Å². The molecule has 1 heterocycles. The van der Waals surface area contributed by atoms with Gasteiger partial charge in [-0.25, -0.2) is 0 Å². The molecule has 104 valence electrons. The Morgan fingerprint density at radius 1 is 1.53 bits per heavy atom. The zero-order chi connectivity index (χ0) is 13.7. The largest absolute Gasteiger partial charge is 0.377 e. The highest BCUT2D eigenvalue weighted by molar-refractivity contribution is 9.10. The Morgan fingerprint density at radius 2 is 2.37 bits per heavy atom. The highest BCUT2D eigenvalue weighted by Gasteiger charge is 2.15. The van der Waals surface area contributed by atoms with Crippen LogP contribution in [0.3, 0.4) is 0 Å². The Kier molecular flexibility index (Phi) is 5.36. The fourth-order valence-electron chi connectivity index (χ4n) is 2.07. The molecule has 0 bridgehead atoms. The first-order valence-corrected chi connectivity index (χ1v) is 7.33. The van der Waals surface area contributed by atoms with Gasteiger partial charge in [0.2, 0.25) is 5.91 Å². The maximum Gasteiger partial charge on any atom is 0.238 e. The van der Waals surface area contributed by atoms with Crippen molar-refractivity contribution in [3.05, 3.63) is 28.2 Å². The molecular weight excluding hydrogens is 308 g/mol. The van der Waals surface area contributed by atoms with Gasteiger partial charge in [0.05, 0.1) is 18.3 Å². The maximum absolute atomic E-state index is 11.8. The first-order valence-electron chi connectivity index (χ1n) is 6.53. The van der Waals surface area contributed by atoms with E-state index in [1.165, 1.54) is 0 Å². The van der Waals surface area contributed by atoms with Gasteiger partial charge in [-0.15, -0.1) is 0 Å². The molecular formula is C14H19BrN2O2. The van der Waals surface area contributed by atoms with Crippen molar-refractivity contribution < 1.29 is 9.53 Å². The summed E-state index contributed by atoms with van der Waals surface area (Å²) < 4.78 is 6.39. The van der Waals surface area contributed by atoms with Crippen LogP contribution in [0.15, 0.2) is 22.7 Å². The lowest BCUT2D eigenvalue weighted by molar-refractivity contribution is -0.115. The van der Waals surface area contributed by atoms with Crippen LogP contribution in [-0.4, -0.2) is 31.7 Å². The van der Waals surface area contributed by atoms with Crippen molar-refractivity contribution in [1.82, 2.24) is 5.32 Å². The molecule has 5 heteroatoms. The zero-order valence-electron chi connectivity index (χ0n) is 11.0. The summed E-state index contributed by atoms with van der Waals surface area (Å²) in [5.74, 6) is -0.0393. The zero-order valence-corrected chi connectivity index (χ0v) is 12.6. The van der Waals surface area contributed by atoms with E-state index >= 15 is 0 Å². The van der Waals surface area contributed by atoms with Gasteiger partial charge >= 0.3 is 0 Å². The molecule has 0 radical (unpaired) electrons. The molecule has 1 aliphatic rings. The van der Waals surface area contributed by atoms with Crippen molar-refractivity contribution in [3.63, 3.8) is 0 Å². The van der Waals surface area contributed by atoms with Gasteiger partial charge in [0, 0.05) is 17.6 Å². The van der Waals surface area contributed by atoms with E-state index in [0.717, 1.165) is 41.7 Å². The molecule has 1 unspecified atom stereocenters. The first kappa shape index (κ1) is 14.5. The number of anilines is 1. The van der Waals surface area contributed by atoms with Crippen LogP contribution in [0.2, 0.25) is 0 Å². The molecule has 0 spiro atoms. The Hall–Kier alpha value is -0.910. The number of carbonyl (C=O) groups excluding carboxylic acids is 1. The van der Waals surface area contributed by atoms with E-state index in [1.54, 1.807) is 0 Å². The summed E-state index contributed by atoms with van der Waals surface area (Å²) in [7, 11) is 0. The lowest BCUT2D eigenvalue weighted by Gasteiger charge is -2.11. The highest BCUT2D eigenvalue weighted by Crippen LogP contribution is 2.23. The number of benzene rings is 1. The minimum atomic E-state index is -0.0393. The molecule has 4 nitrogen and oxygen atoms in total. The summed E-state index contributed by atoms with van der Waals surface area (Å²) in [6.45, 7) is 3.90. The molecule has 0 aromatic heterocycles. The van der Waals surface area contributed by atoms with Gasteiger partial charge in [-0.3, -0.25) is 4.79 Å². The number of amides is 1. The van der Waals surface area contributed by atoms with Crippen molar-refractivity contribution in [3.8, 4) is 0 Å². The molecule has 1 aromatic rings. The molecule has 2 rings (SSSR count). The number of halogens is 1. The van der Waals surface area contributed by atoms with Gasteiger partial charge in [-0.1, -0.05) is 6.07 Å². The quantitative estimate of drug-likeness (QED) is 0.873. The van der Waals surface area contributed by atoms with Gasteiger partial charge in [0.25, 0.3) is 0 Å². The third-order valence-corrected chi connectivity index (χ3v) is 3.74. The van der Waals surface area contributed by atoms with Crippen molar-refractivity contribution in [1.29, 1.82) is 0 Å². The highest BCUT2D eigenvalue weighted by atomic mass is 79.9. The predicted molar refractivity (Wildman–Crippen MR) is 79.4 cm³/mol. The Morgan fingerprint density at radius 3 is 3.05 bits per heavy atom. The number of nitrogens with one attached hydrogen (secondary N) is 2. The van der Waals surface area contributed by atoms with Crippen LogP contribution in [0.4, 0.5) is 5.69 Å². The molecule has 0 aliphatic carbocycles. The fourth-order valence-corrected chi connectivity index (χ4v) is 2.66. The van der Waals surface area contributed by atoms with E-state index in [2.05, 4.69) is 26.6 Å². The molecule has 1 aromatic carbocycles. The third kappa shape index (κ3) is 4.60. The molecule has 1 amide bonds. The molecule has 1 aliphatic heterocycles. The van der Waals surface area contributed by atoms with Crippen molar-refractivity contribution in [2.45, 2.75) is 25.9 Å². The van der Waals surface area contributed by atoms with Gasteiger partial charge in [0.15, 0.2) is 0 Å². The second-order valence-electron chi connectivity index (χ2n) is 4.80. The average Bonchev–Trinajstić information content (AvgIpc) is 2.86. The first-order chi connectivity index (χ1) is 9.15. The molecule has 2 N–H and O–H groups in total. The summed E-state index contributed by atoms with van der Waals surface area (Å²) in [5.41, 5.74) is 1.95.